The van der Waals surface area contributed by atoms with Gasteiger partial charge in [-0.2, -0.15) is 0 Å². The summed E-state index contributed by atoms with van der Waals surface area (Å²) in [5, 5.41) is 2.00. The Balaban J connectivity index is 1.17. The van der Waals surface area contributed by atoms with Crippen molar-refractivity contribution >= 4 is 33.3 Å². The summed E-state index contributed by atoms with van der Waals surface area (Å²) in [6.07, 6.45) is 8.54. The van der Waals surface area contributed by atoms with Crippen LogP contribution in [0.25, 0.3) is 67.2 Å². The van der Waals surface area contributed by atoms with Crippen LogP contribution in [0, 0.1) is 0 Å². The molecule has 0 atom stereocenters. The number of benzene rings is 6. The van der Waals surface area contributed by atoms with Gasteiger partial charge in [0, 0.05) is 50.6 Å². The summed E-state index contributed by atoms with van der Waals surface area (Å²) in [6.45, 7) is 0. The van der Waals surface area contributed by atoms with Gasteiger partial charge in [-0.05, 0) is 60.4 Å². The summed E-state index contributed by atoms with van der Waals surface area (Å²) < 4.78 is 6.60. The van der Waals surface area contributed by atoms with Gasteiger partial charge < -0.3 is 9.32 Å². The molecule has 0 amide bonds. The van der Waals surface area contributed by atoms with Gasteiger partial charge in [0.05, 0.1) is 0 Å². The Hall–Kier alpha value is -6.59. The van der Waals surface area contributed by atoms with Gasteiger partial charge in [-0.25, -0.2) is 15.0 Å². The van der Waals surface area contributed by atoms with Crippen LogP contribution in [0.2, 0.25) is 0 Å². The van der Waals surface area contributed by atoms with Crippen LogP contribution >= 0.6 is 0 Å². The van der Waals surface area contributed by atoms with E-state index in [0.717, 1.165) is 62.8 Å². The average molecular weight is 645 g/mol. The van der Waals surface area contributed by atoms with Crippen molar-refractivity contribution in [1.29, 1.82) is 0 Å². The first-order chi connectivity index (χ1) is 24.8. The molecule has 0 saturated heterocycles. The highest BCUT2D eigenvalue weighted by Crippen LogP contribution is 2.41. The molecule has 2 aromatic heterocycles. The largest absolute Gasteiger partial charge is 0.456 e. The zero-order valence-corrected chi connectivity index (χ0v) is 27.3. The van der Waals surface area contributed by atoms with Gasteiger partial charge in [0.25, 0.3) is 0 Å². The highest BCUT2D eigenvalue weighted by atomic mass is 16.3. The van der Waals surface area contributed by atoms with Crippen molar-refractivity contribution in [1.82, 2.24) is 15.0 Å². The van der Waals surface area contributed by atoms with E-state index in [1.807, 2.05) is 78.9 Å². The van der Waals surface area contributed by atoms with Gasteiger partial charge in [-0.15, -0.1) is 0 Å². The molecule has 0 saturated carbocycles. The minimum atomic E-state index is 0.606. The van der Waals surface area contributed by atoms with Crippen molar-refractivity contribution < 1.29 is 4.42 Å². The predicted octanol–water partition coefficient (Wildman–Crippen LogP) is 11.8. The number of hydrogen-bond acceptors (Lipinski definition) is 5. The first-order valence-corrected chi connectivity index (χ1v) is 16.9. The molecule has 0 radical (unpaired) electrons. The Morgan fingerprint density at radius 2 is 1.10 bits per heavy atom. The fourth-order valence-corrected chi connectivity index (χ4v) is 6.76. The Kier molecular flexibility index (Phi) is 7.56. The molecule has 238 valence electrons. The number of hydrogen-bond donors (Lipinski definition) is 0. The first kappa shape index (κ1) is 29.5. The number of allylic oxidation sites excluding steroid dienone is 4. The maximum Gasteiger partial charge on any atom is 0.164 e. The Labute approximate surface area is 290 Å². The van der Waals surface area contributed by atoms with E-state index in [-0.39, 0.29) is 0 Å². The number of fused-ring (bicyclic) bond motifs is 3. The van der Waals surface area contributed by atoms with E-state index in [1.54, 1.807) is 0 Å². The summed E-state index contributed by atoms with van der Waals surface area (Å²) in [4.78, 5) is 17.3. The zero-order chi connectivity index (χ0) is 33.3. The quantitative estimate of drug-likeness (QED) is 0.173. The van der Waals surface area contributed by atoms with Gasteiger partial charge in [0.1, 0.15) is 11.2 Å². The van der Waals surface area contributed by atoms with E-state index in [9.17, 15) is 0 Å². The van der Waals surface area contributed by atoms with Crippen molar-refractivity contribution in [2.24, 2.45) is 0 Å². The van der Waals surface area contributed by atoms with Gasteiger partial charge in [0.2, 0.25) is 0 Å². The van der Waals surface area contributed by atoms with E-state index in [2.05, 4.69) is 95.9 Å². The third-order valence-electron chi connectivity index (χ3n) is 9.19. The van der Waals surface area contributed by atoms with Crippen LogP contribution in [0.1, 0.15) is 12.8 Å². The lowest BCUT2D eigenvalue weighted by Crippen LogP contribution is -2.17. The second-order valence-corrected chi connectivity index (χ2v) is 12.4. The van der Waals surface area contributed by atoms with Gasteiger partial charge >= 0.3 is 0 Å². The van der Waals surface area contributed by atoms with E-state index >= 15 is 0 Å². The van der Waals surface area contributed by atoms with Crippen molar-refractivity contribution in [2.75, 3.05) is 4.90 Å². The number of nitrogens with zero attached hydrogens (tertiary/aromatic N) is 4. The molecular weight excluding hydrogens is 613 g/mol. The van der Waals surface area contributed by atoms with Gasteiger partial charge in [-0.1, -0.05) is 127 Å². The first-order valence-electron chi connectivity index (χ1n) is 16.9. The van der Waals surface area contributed by atoms with Crippen LogP contribution in [0.15, 0.2) is 180 Å². The van der Waals surface area contributed by atoms with Crippen molar-refractivity contribution in [3.8, 4) is 45.3 Å². The zero-order valence-electron chi connectivity index (χ0n) is 27.3. The lowest BCUT2D eigenvalue weighted by atomic mass is 10.0. The minimum Gasteiger partial charge on any atom is -0.456 e. The highest BCUT2D eigenvalue weighted by molar-refractivity contribution is 6.12. The van der Waals surface area contributed by atoms with Crippen LogP contribution in [0.3, 0.4) is 0 Å². The third kappa shape index (κ3) is 5.55. The van der Waals surface area contributed by atoms with Gasteiger partial charge in [0.15, 0.2) is 17.5 Å². The smallest absolute Gasteiger partial charge is 0.164 e. The van der Waals surface area contributed by atoms with Crippen LogP contribution in [-0.4, -0.2) is 15.0 Å². The molecule has 0 fully saturated rings. The summed E-state index contributed by atoms with van der Waals surface area (Å²) >= 11 is 0. The number of furan rings is 1. The molecule has 0 unspecified atom stereocenters. The number of anilines is 2. The molecule has 5 heteroatoms. The van der Waals surface area contributed by atoms with E-state index in [4.69, 9.17) is 19.4 Å². The summed E-state index contributed by atoms with van der Waals surface area (Å²) in [6, 6.07) is 52.1. The standard InChI is InChI=1S/C45H32N4O/c1-5-14-31(15-6-1)32-24-26-36(27-25-32)49(35-20-11-4-12-21-35)37-28-29-38-41(30-37)50-40-23-13-22-39(42(38)40)45-47-43(33-16-7-2-8-17-33)46-44(48-45)34-18-9-3-10-19-34/h1-11,13-20,22-30H,12,21H2. The van der Waals surface area contributed by atoms with E-state index < -0.39 is 0 Å². The molecule has 1 aliphatic carbocycles. The lowest BCUT2D eigenvalue weighted by Gasteiger charge is -2.29. The molecule has 50 heavy (non-hydrogen) atoms. The molecule has 2 heterocycles. The second kappa shape index (κ2) is 12.8. The molecule has 8 aromatic rings. The number of aromatic nitrogens is 3. The third-order valence-corrected chi connectivity index (χ3v) is 9.19. The minimum absolute atomic E-state index is 0.606. The number of rotatable bonds is 7. The molecule has 1 aliphatic rings. The Morgan fingerprint density at radius 3 is 1.74 bits per heavy atom. The van der Waals surface area contributed by atoms with Gasteiger partial charge in [-0.3, -0.25) is 0 Å². The normalized spacial score (nSPS) is 12.7. The molecule has 0 N–H and O–H groups in total. The van der Waals surface area contributed by atoms with Crippen LogP contribution in [0.5, 0.6) is 0 Å². The highest BCUT2D eigenvalue weighted by Gasteiger charge is 2.21. The van der Waals surface area contributed by atoms with Crippen LogP contribution in [0.4, 0.5) is 11.4 Å². The van der Waals surface area contributed by atoms with E-state index in [1.165, 1.54) is 16.8 Å². The summed E-state index contributed by atoms with van der Waals surface area (Å²) in [5.41, 5.74) is 10.2. The van der Waals surface area contributed by atoms with Crippen LogP contribution in [-0.2, 0) is 0 Å². The maximum atomic E-state index is 6.60. The maximum absolute atomic E-state index is 6.60. The monoisotopic (exact) mass is 644 g/mol. The Bertz CT molecular complexity index is 2460. The molecule has 0 spiro atoms. The lowest BCUT2D eigenvalue weighted by molar-refractivity contribution is 0.669. The molecule has 5 nitrogen and oxygen atoms in total. The second-order valence-electron chi connectivity index (χ2n) is 12.4. The Morgan fingerprint density at radius 1 is 0.500 bits per heavy atom. The van der Waals surface area contributed by atoms with Crippen LogP contribution < -0.4 is 4.90 Å². The van der Waals surface area contributed by atoms with Crippen molar-refractivity contribution in [3.05, 3.63) is 176 Å². The fourth-order valence-electron chi connectivity index (χ4n) is 6.76. The molecule has 0 bridgehead atoms. The summed E-state index contributed by atoms with van der Waals surface area (Å²) in [7, 11) is 0. The molecular formula is C45H32N4O. The predicted molar refractivity (Wildman–Crippen MR) is 204 cm³/mol. The SMILES string of the molecule is C1=CCCC(N(c2ccc(-c3ccccc3)cc2)c2ccc3c(c2)oc2cccc(-c4nc(-c5ccccc5)nc(-c5ccccc5)n4)c23)=C1. The molecule has 9 rings (SSSR count). The average Bonchev–Trinajstić information content (AvgIpc) is 3.58. The summed E-state index contributed by atoms with van der Waals surface area (Å²) in [5.74, 6) is 1.87. The fraction of sp³-hybridized carbons (Fsp3) is 0.0444. The molecule has 6 aromatic carbocycles. The van der Waals surface area contributed by atoms with E-state index in [0.29, 0.717) is 17.5 Å². The van der Waals surface area contributed by atoms with Crippen molar-refractivity contribution in [3.63, 3.8) is 0 Å². The van der Waals surface area contributed by atoms with Crippen molar-refractivity contribution in [2.45, 2.75) is 12.8 Å². The topological polar surface area (TPSA) is 55.1 Å². The molecule has 0 aliphatic heterocycles.